The van der Waals surface area contributed by atoms with E-state index in [1.807, 2.05) is 0 Å². The summed E-state index contributed by atoms with van der Waals surface area (Å²) in [6.07, 6.45) is 5.26. The van der Waals surface area contributed by atoms with Crippen LogP contribution in [-0.2, 0) is 4.79 Å². The normalized spacial score (nSPS) is 30.3. The first-order valence-corrected chi connectivity index (χ1v) is 4.13. The van der Waals surface area contributed by atoms with Gasteiger partial charge >= 0.3 is 0 Å². The summed E-state index contributed by atoms with van der Waals surface area (Å²) >= 11 is 0. The number of carbonyl (C=O) groups excluding carboxylic acids is 1. The molecule has 1 aliphatic carbocycles. The lowest BCUT2D eigenvalue weighted by Crippen LogP contribution is -2.15. The van der Waals surface area contributed by atoms with Crippen molar-refractivity contribution in [3.63, 3.8) is 0 Å². The van der Waals surface area contributed by atoms with Crippen LogP contribution >= 0.6 is 0 Å². The van der Waals surface area contributed by atoms with Crippen LogP contribution in [0, 0.1) is 5.92 Å². The van der Waals surface area contributed by atoms with Crippen molar-refractivity contribution in [2.75, 3.05) is 0 Å². The third-order valence-electron chi connectivity index (χ3n) is 2.30. The predicted octanol–water partition coefficient (Wildman–Crippen LogP) is 1.26. The fourth-order valence-corrected chi connectivity index (χ4v) is 1.67. The first kappa shape index (κ1) is 8.47. The van der Waals surface area contributed by atoms with Crippen LogP contribution in [-0.4, -0.2) is 11.8 Å². The number of nitrogens with two attached hydrogens (primary N) is 1. The quantitative estimate of drug-likeness (QED) is 0.620. The summed E-state index contributed by atoms with van der Waals surface area (Å²) in [5.41, 5.74) is 5.71. The molecule has 11 heavy (non-hydrogen) atoms. The average molecular weight is 153 g/mol. The topological polar surface area (TPSA) is 43.1 Å². The van der Waals surface area contributed by atoms with Crippen LogP contribution < -0.4 is 5.73 Å². The number of rotatable bonds is 3. The molecule has 0 bridgehead atoms. The zero-order chi connectivity index (χ0) is 8.27. The standard InChI is InChI=1S/C9H15NO/c1-2-9(11)6-7-3-4-8(10)5-7/h2,7-8H,1,3-6,10H2/t7-,8+/m1/s1. The number of ketones is 1. The lowest BCUT2D eigenvalue weighted by atomic mass is 10.0. The highest BCUT2D eigenvalue weighted by molar-refractivity contribution is 5.89. The molecule has 1 saturated carbocycles. The second kappa shape index (κ2) is 3.67. The van der Waals surface area contributed by atoms with Gasteiger partial charge in [-0.1, -0.05) is 6.58 Å². The SMILES string of the molecule is C=CC(=O)C[C@@H]1CC[C@H](N)C1. The molecule has 62 valence electrons. The van der Waals surface area contributed by atoms with Gasteiger partial charge in [0.1, 0.15) is 0 Å². The molecule has 0 radical (unpaired) electrons. The van der Waals surface area contributed by atoms with Gasteiger partial charge in [-0.25, -0.2) is 0 Å². The summed E-state index contributed by atoms with van der Waals surface area (Å²) in [6.45, 7) is 3.44. The molecule has 0 aliphatic heterocycles. The number of carbonyl (C=O) groups is 1. The van der Waals surface area contributed by atoms with Gasteiger partial charge in [0.25, 0.3) is 0 Å². The van der Waals surface area contributed by atoms with Crippen LogP contribution in [0.1, 0.15) is 25.7 Å². The van der Waals surface area contributed by atoms with Gasteiger partial charge in [0.15, 0.2) is 5.78 Å². The Kier molecular flexibility index (Phi) is 2.83. The molecule has 1 aliphatic rings. The van der Waals surface area contributed by atoms with Crippen molar-refractivity contribution in [2.45, 2.75) is 31.7 Å². The smallest absolute Gasteiger partial charge is 0.155 e. The molecular formula is C9H15NO. The van der Waals surface area contributed by atoms with Crippen molar-refractivity contribution in [3.8, 4) is 0 Å². The molecule has 0 unspecified atom stereocenters. The number of hydrogen-bond donors (Lipinski definition) is 1. The molecule has 0 aromatic heterocycles. The average Bonchev–Trinajstić information content (AvgIpc) is 2.35. The molecule has 0 aromatic carbocycles. The Bertz CT molecular complexity index is 165. The van der Waals surface area contributed by atoms with Crippen molar-refractivity contribution in [3.05, 3.63) is 12.7 Å². The second-order valence-electron chi connectivity index (χ2n) is 3.31. The van der Waals surface area contributed by atoms with E-state index in [1.165, 1.54) is 6.08 Å². The van der Waals surface area contributed by atoms with Crippen molar-refractivity contribution in [1.82, 2.24) is 0 Å². The highest BCUT2D eigenvalue weighted by atomic mass is 16.1. The van der Waals surface area contributed by atoms with Crippen LogP contribution in [0.4, 0.5) is 0 Å². The Labute approximate surface area is 67.5 Å². The van der Waals surface area contributed by atoms with Crippen LogP contribution in [0.15, 0.2) is 12.7 Å². The van der Waals surface area contributed by atoms with Gasteiger partial charge in [-0.2, -0.15) is 0 Å². The molecule has 1 rings (SSSR count). The highest BCUT2D eigenvalue weighted by Crippen LogP contribution is 2.26. The summed E-state index contributed by atoms with van der Waals surface area (Å²) in [6, 6.07) is 0.331. The Morgan fingerprint density at radius 3 is 2.82 bits per heavy atom. The Morgan fingerprint density at radius 1 is 1.64 bits per heavy atom. The van der Waals surface area contributed by atoms with E-state index in [0.717, 1.165) is 19.3 Å². The molecule has 0 saturated heterocycles. The van der Waals surface area contributed by atoms with Gasteiger partial charge in [0, 0.05) is 12.5 Å². The van der Waals surface area contributed by atoms with Gasteiger partial charge in [-0.3, -0.25) is 4.79 Å². The molecule has 2 nitrogen and oxygen atoms in total. The van der Waals surface area contributed by atoms with E-state index >= 15 is 0 Å². The first-order chi connectivity index (χ1) is 5.22. The molecule has 0 spiro atoms. The summed E-state index contributed by atoms with van der Waals surface area (Å²) in [4.78, 5) is 10.9. The van der Waals surface area contributed by atoms with E-state index in [2.05, 4.69) is 6.58 Å². The molecule has 0 heterocycles. The Balaban J connectivity index is 2.28. The zero-order valence-electron chi connectivity index (χ0n) is 6.75. The maximum absolute atomic E-state index is 10.9. The maximum Gasteiger partial charge on any atom is 0.155 e. The van der Waals surface area contributed by atoms with Crippen molar-refractivity contribution >= 4 is 5.78 Å². The number of allylic oxidation sites excluding steroid dienone is 1. The van der Waals surface area contributed by atoms with Crippen LogP contribution in [0.5, 0.6) is 0 Å². The second-order valence-corrected chi connectivity index (χ2v) is 3.31. The van der Waals surface area contributed by atoms with E-state index in [-0.39, 0.29) is 5.78 Å². The third kappa shape index (κ3) is 2.46. The summed E-state index contributed by atoms with van der Waals surface area (Å²) in [5.74, 6) is 0.680. The lowest BCUT2D eigenvalue weighted by Gasteiger charge is -2.04. The van der Waals surface area contributed by atoms with E-state index in [0.29, 0.717) is 18.4 Å². The predicted molar refractivity (Wildman–Crippen MR) is 45.1 cm³/mol. The van der Waals surface area contributed by atoms with E-state index in [9.17, 15) is 4.79 Å². The van der Waals surface area contributed by atoms with Crippen molar-refractivity contribution < 1.29 is 4.79 Å². The summed E-state index contributed by atoms with van der Waals surface area (Å²) in [7, 11) is 0. The highest BCUT2D eigenvalue weighted by Gasteiger charge is 2.22. The Morgan fingerprint density at radius 2 is 2.36 bits per heavy atom. The summed E-state index contributed by atoms with van der Waals surface area (Å²) in [5, 5.41) is 0. The lowest BCUT2D eigenvalue weighted by molar-refractivity contribution is -0.115. The zero-order valence-corrected chi connectivity index (χ0v) is 6.75. The molecule has 2 atom stereocenters. The van der Waals surface area contributed by atoms with Gasteiger partial charge in [0.2, 0.25) is 0 Å². The van der Waals surface area contributed by atoms with Crippen LogP contribution in [0.25, 0.3) is 0 Å². The van der Waals surface area contributed by atoms with Gasteiger partial charge in [-0.15, -0.1) is 0 Å². The van der Waals surface area contributed by atoms with E-state index in [4.69, 9.17) is 5.73 Å². The van der Waals surface area contributed by atoms with Gasteiger partial charge < -0.3 is 5.73 Å². The molecule has 1 fully saturated rings. The first-order valence-electron chi connectivity index (χ1n) is 4.13. The minimum absolute atomic E-state index is 0.157. The molecule has 0 amide bonds. The van der Waals surface area contributed by atoms with Crippen molar-refractivity contribution in [1.29, 1.82) is 0 Å². The van der Waals surface area contributed by atoms with E-state index < -0.39 is 0 Å². The van der Waals surface area contributed by atoms with Crippen molar-refractivity contribution in [2.24, 2.45) is 11.7 Å². The molecular weight excluding hydrogens is 138 g/mol. The van der Waals surface area contributed by atoms with E-state index in [1.54, 1.807) is 0 Å². The van der Waals surface area contributed by atoms with Crippen LogP contribution in [0.3, 0.4) is 0 Å². The van der Waals surface area contributed by atoms with Crippen LogP contribution in [0.2, 0.25) is 0 Å². The molecule has 2 heteroatoms. The third-order valence-corrected chi connectivity index (χ3v) is 2.30. The van der Waals surface area contributed by atoms with Gasteiger partial charge in [0.05, 0.1) is 0 Å². The minimum Gasteiger partial charge on any atom is -0.328 e. The fraction of sp³-hybridized carbons (Fsp3) is 0.667. The molecule has 2 N–H and O–H groups in total. The Hall–Kier alpha value is -0.630. The largest absolute Gasteiger partial charge is 0.328 e. The number of hydrogen-bond acceptors (Lipinski definition) is 2. The molecule has 0 aromatic rings. The van der Waals surface area contributed by atoms with Gasteiger partial charge in [-0.05, 0) is 31.3 Å². The summed E-state index contributed by atoms with van der Waals surface area (Å²) < 4.78 is 0. The minimum atomic E-state index is 0.157. The maximum atomic E-state index is 10.9. The fourth-order valence-electron chi connectivity index (χ4n) is 1.67. The monoisotopic (exact) mass is 153 g/mol.